The Balaban J connectivity index is 2.69. The molecule has 0 radical (unpaired) electrons. The highest BCUT2D eigenvalue weighted by Gasteiger charge is 2.00. The van der Waals surface area contributed by atoms with Gasteiger partial charge in [-0.25, -0.2) is 9.97 Å². The molecule has 0 fully saturated rings. The summed E-state index contributed by atoms with van der Waals surface area (Å²) in [4.78, 5) is 8.30. The normalized spacial score (nSPS) is 10.6. The number of thiazole rings is 1. The minimum Gasteiger partial charge on any atom is -0.236 e. The number of fused-ring (bicyclic) bond motifs is 1. The average molecular weight is 185 g/mol. The lowest BCUT2D eigenvalue weighted by atomic mass is 10.5. The van der Waals surface area contributed by atoms with Crippen LogP contribution in [0.3, 0.4) is 0 Å². The first-order valence-electron chi connectivity index (χ1n) is 3.16. The first-order valence-corrected chi connectivity index (χ1v) is 4.51. The molecule has 0 spiro atoms. The van der Waals surface area contributed by atoms with Crippen LogP contribution in [0.15, 0.2) is 18.3 Å². The van der Waals surface area contributed by atoms with Crippen LogP contribution in [0.2, 0.25) is 0 Å². The standard InChI is InChI=1S/C7H5ClN2S/c8-4-6-10-7-5(11-6)2-1-3-9-7/h1-3H,4H2. The maximum absolute atomic E-state index is 5.62. The maximum atomic E-state index is 5.62. The van der Waals surface area contributed by atoms with Crippen molar-refractivity contribution in [3.05, 3.63) is 23.3 Å². The fourth-order valence-electron chi connectivity index (χ4n) is 0.871. The van der Waals surface area contributed by atoms with E-state index >= 15 is 0 Å². The van der Waals surface area contributed by atoms with Crippen LogP contribution in [0, 0.1) is 0 Å². The number of rotatable bonds is 1. The van der Waals surface area contributed by atoms with E-state index in [9.17, 15) is 0 Å². The molecule has 0 N–H and O–H groups in total. The van der Waals surface area contributed by atoms with Crippen LogP contribution in [0.1, 0.15) is 5.01 Å². The minimum atomic E-state index is 0.473. The summed E-state index contributed by atoms with van der Waals surface area (Å²) in [5, 5.41) is 0.931. The zero-order chi connectivity index (χ0) is 7.68. The molecule has 0 unspecified atom stereocenters. The summed E-state index contributed by atoms with van der Waals surface area (Å²) in [6.07, 6.45) is 1.74. The third-order valence-electron chi connectivity index (χ3n) is 1.32. The van der Waals surface area contributed by atoms with Crippen LogP contribution in [-0.2, 0) is 5.88 Å². The zero-order valence-corrected chi connectivity index (χ0v) is 7.19. The van der Waals surface area contributed by atoms with E-state index in [1.807, 2.05) is 12.1 Å². The van der Waals surface area contributed by atoms with Gasteiger partial charge in [-0.2, -0.15) is 0 Å². The molecule has 11 heavy (non-hydrogen) atoms. The number of hydrogen-bond acceptors (Lipinski definition) is 3. The number of aromatic nitrogens is 2. The Kier molecular flexibility index (Phi) is 1.75. The highest BCUT2D eigenvalue weighted by Crippen LogP contribution is 2.20. The van der Waals surface area contributed by atoms with Gasteiger partial charge < -0.3 is 0 Å². The molecule has 0 amide bonds. The smallest absolute Gasteiger partial charge is 0.170 e. The van der Waals surface area contributed by atoms with Crippen LogP contribution in [-0.4, -0.2) is 9.97 Å². The zero-order valence-electron chi connectivity index (χ0n) is 5.62. The van der Waals surface area contributed by atoms with Gasteiger partial charge in [-0.05, 0) is 12.1 Å². The Morgan fingerprint density at radius 3 is 3.18 bits per heavy atom. The Morgan fingerprint density at radius 1 is 1.55 bits per heavy atom. The Hall–Kier alpha value is -0.670. The molecule has 56 valence electrons. The Bertz CT molecular complexity index is 338. The maximum Gasteiger partial charge on any atom is 0.170 e. The number of pyridine rings is 1. The molecule has 2 heterocycles. The van der Waals surface area contributed by atoms with Crippen molar-refractivity contribution in [2.75, 3.05) is 0 Å². The Labute approximate surface area is 72.9 Å². The quantitative estimate of drug-likeness (QED) is 0.637. The van der Waals surface area contributed by atoms with Gasteiger partial charge in [-0.3, -0.25) is 0 Å². The van der Waals surface area contributed by atoms with Crippen molar-refractivity contribution in [1.29, 1.82) is 0 Å². The topological polar surface area (TPSA) is 25.8 Å². The summed E-state index contributed by atoms with van der Waals surface area (Å²) >= 11 is 7.21. The van der Waals surface area contributed by atoms with E-state index in [1.54, 1.807) is 17.5 Å². The highest BCUT2D eigenvalue weighted by atomic mass is 35.5. The van der Waals surface area contributed by atoms with Crippen molar-refractivity contribution < 1.29 is 0 Å². The summed E-state index contributed by atoms with van der Waals surface area (Å²) in [6, 6.07) is 3.90. The van der Waals surface area contributed by atoms with Gasteiger partial charge in [0.2, 0.25) is 0 Å². The number of alkyl halides is 1. The fraction of sp³-hybridized carbons (Fsp3) is 0.143. The van der Waals surface area contributed by atoms with Crippen LogP contribution in [0.4, 0.5) is 0 Å². The fourth-order valence-corrected chi connectivity index (χ4v) is 1.87. The SMILES string of the molecule is ClCc1nc2ncccc2s1. The largest absolute Gasteiger partial charge is 0.236 e. The average Bonchev–Trinajstić information content (AvgIpc) is 2.46. The van der Waals surface area contributed by atoms with Crippen LogP contribution < -0.4 is 0 Å². The van der Waals surface area contributed by atoms with E-state index < -0.39 is 0 Å². The molecular formula is C7H5ClN2S. The monoisotopic (exact) mass is 184 g/mol. The predicted octanol–water partition coefficient (Wildman–Crippen LogP) is 2.43. The second-order valence-electron chi connectivity index (χ2n) is 2.07. The first kappa shape index (κ1) is 7.00. The van der Waals surface area contributed by atoms with Crippen molar-refractivity contribution >= 4 is 33.3 Å². The summed E-state index contributed by atoms with van der Waals surface area (Å²) in [7, 11) is 0. The van der Waals surface area contributed by atoms with E-state index in [4.69, 9.17) is 11.6 Å². The predicted molar refractivity (Wildman–Crippen MR) is 47.0 cm³/mol. The van der Waals surface area contributed by atoms with Gasteiger partial charge >= 0.3 is 0 Å². The van der Waals surface area contributed by atoms with Gasteiger partial charge in [0.25, 0.3) is 0 Å². The van der Waals surface area contributed by atoms with E-state index in [1.165, 1.54) is 0 Å². The Morgan fingerprint density at radius 2 is 2.45 bits per heavy atom. The lowest BCUT2D eigenvalue weighted by Gasteiger charge is -1.80. The number of nitrogens with zero attached hydrogens (tertiary/aromatic N) is 2. The molecule has 0 bridgehead atoms. The summed E-state index contributed by atoms with van der Waals surface area (Å²) in [5.74, 6) is 0.473. The molecule has 2 rings (SSSR count). The minimum absolute atomic E-state index is 0.473. The molecule has 0 saturated carbocycles. The molecule has 2 aromatic rings. The molecule has 2 aromatic heterocycles. The van der Waals surface area contributed by atoms with Gasteiger partial charge in [0.15, 0.2) is 5.65 Å². The van der Waals surface area contributed by atoms with E-state index in [2.05, 4.69) is 9.97 Å². The van der Waals surface area contributed by atoms with Crippen molar-refractivity contribution in [3.63, 3.8) is 0 Å². The molecule has 4 heteroatoms. The first-order chi connectivity index (χ1) is 5.40. The van der Waals surface area contributed by atoms with Gasteiger partial charge in [0.1, 0.15) is 5.01 Å². The van der Waals surface area contributed by atoms with Gasteiger partial charge in [-0.1, -0.05) is 0 Å². The second-order valence-corrected chi connectivity index (χ2v) is 3.45. The van der Waals surface area contributed by atoms with Crippen molar-refractivity contribution in [1.82, 2.24) is 9.97 Å². The molecule has 0 aromatic carbocycles. The van der Waals surface area contributed by atoms with E-state index in [0.717, 1.165) is 15.4 Å². The molecule has 0 aliphatic heterocycles. The van der Waals surface area contributed by atoms with Crippen LogP contribution in [0.25, 0.3) is 10.3 Å². The van der Waals surface area contributed by atoms with Crippen molar-refractivity contribution in [3.8, 4) is 0 Å². The molecule has 0 atom stereocenters. The third-order valence-corrected chi connectivity index (χ3v) is 2.75. The number of hydrogen-bond donors (Lipinski definition) is 0. The second kappa shape index (κ2) is 2.75. The number of halogens is 1. The summed E-state index contributed by atoms with van der Waals surface area (Å²) in [6.45, 7) is 0. The lowest BCUT2D eigenvalue weighted by Crippen LogP contribution is -1.74. The van der Waals surface area contributed by atoms with Gasteiger partial charge in [-0.15, -0.1) is 22.9 Å². The lowest BCUT2D eigenvalue weighted by molar-refractivity contribution is 1.25. The molecular weight excluding hydrogens is 180 g/mol. The van der Waals surface area contributed by atoms with E-state index in [0.29, 0.717) is 5.88 Å². The van der Waals surface area contributed by atoms with Crippen molar-refractivity contribution in [2.45, 2.75) is 5.88 Å². The molecule has 0 aliphatic carbocycles. The van der Waals surface area contributed by atoms with Crippen LogP contribution >= 0.6 is 22.9 Å². The van der Waals surface area contributed by atoms with Crippen LogP contribution in [0.5, 0.6) is 0 Å². The van der Waals surface area contributed by atoms with Gasteiger partial charge in [0.05, 0.1) is 10.6 Å². The third kappa shape index (κ3) is 1.21. The van der Waals surface area contributed by atoms with Crippen molar-refractivity contribution in [2.24, 2.45) is 0 Å². The van der Waals surface area contributed by atoms with E-state index in [-0.39, 0.29) is 0 Å². The summed E-state index contributed by atoms with van der Waals surface area (Å²) in [5.41, 5.74) is 0.799. The van der Waals surface area contributed by atoms with Gasteiger partial charge in [0, 0.05) is 6.20 Å². The summed E-state index contributed by atoms with van der Waals surface area (Å²) < 4.78 is 1.10. The molecule has 2 nitrogen and oxygen atoms in total. The molecule has 0 saturated heterocycles. The molecule has 0 aliphatic rings. The highest BCUT2D eigenvalue weighted by molar-refractivity contribution is 7.18.